The molecule has 102 heavy (non-hydrogen) atoms. The number of nitrogens with two attached hydrogens (primary N) is 1. The molecule has 9 N–H and O–H groups in total. The van der Waals surface area contributed by atoms with Gasteiger partial charge in [0.2, 0.25) is 11.8 Å². The predicted molar refractivity (Wildman–Crippen MR) is 383 cm³/mol. The molecule has 1 aliphatic carbocycles. The van der Waals surface area contributed by atoms with Gasteiger partial charge in [0.1, 0.15) is 76.7 Å². The summed E-state index contributed by atoms with van der Waals surface area (Å²) in [6, 6.07) is 15.6. The molecule has 10 bridgehead atoms. The van der Waals surface area contributed by atoms with Gasteiger partial charge in [-0.15, -0.1) is 68.0 Å². The molecule has 6 amide bonds. The highest BCUT2D eigenvalue weighted by atomic mass is 32.1. The van der Waals surface area contributed by atoms with Crippen molar-refractivity contribution in [2.75, 3.05) is 32.9 Å². The third-order valence-electron chi connectivity index (χ3n) is 18.7. The number of ether oxygens (including phenoxy) is 2. The summed E-state index contributed by atoms with van der Waals surface area (Å²) in [7, 11) is 0. The number of nitrogens with zero attached hydrogens (tertiary/aromatic N) is 8. The number of rotatable bonds is 16. The van der Waals surface area contributed by atoms with Crippen LogP contribution in [0.2, 0.25) is 0 Å². The van der Waals surface area contributed by atoms with Crippen LogP contribution >= 0.6 is 68.0 Å². The molecule has 26 nitrogen and oxygen atoms in total. The smallest absolute Gasteiger partial charge is 0.306 e. The van der Waals surface area contributed by atoms with Gasteiger partial charge in [-0.1, -0.05) is 49.4 Å². The fourth-order valence-corrected chi connectivity index (χ4v) is 18.4. The van der Waals surface area contributed by atoms with Crippen LogP contribution in [0.15, 0.2) is 93.6 Å². The maximum Gasteiger partial charge on any atom is 0.306 e. The quantitative estimate of drug-likeness (QED) is 0.0446. The molecule has 4 aliphatic rings. The predicted octanol–water partition coefficient (Wildman–Crippen LogP) is 9.15. The zero-order valence-corrected chi connectivity index (χ0v) is 60.0. The first-order valence-electron chi connectivity index (χ1n) is 33.3. The third-order valence-corrected chi connectivity index (χ3v) is 24.3. The van der Waals surface area contributed by atoms with Crippen molar-refractivity contribution in [2.24, 2.45) is 23.5 Å². The standard InChI is InChI=1S/C70H71N13O13S6/c1-34-53(85)27-83-58(34)68-81-51(33-101-68)66-77-47(29-99-66)57-42(16-17-44(74-57)65-80-48(32-100-65)60(89)73-40-12-10-39(11-13-40)70(93)94)63-78-49(30-97-63)61(90)75-45(26-54(71)86)67-82-56(35(2)102-67)52(84)25-43(59(88)38-6-4-3-5-7-38)64-79-50(31-98-64)62(91)76-46(69(83)92)24-37-8-14-41(15-9-37)96-28-55(87)72-21-18-36-19-22-95-23-20-36/h3-9,14-17,29-34,36,39-40,43,45-46,53,58-59,85,88H,10-13,18-28H2,1-2H3,(H2,71,86)(H,72,87)(H,73,89)(H,75,90)(H,76,91)(H,93,94)/t34-,39?,40?,43-,45-,46-,53-,58-,59+/m0/s1. The van der Waals surface area contributed by atoms with Gasteiger partial charge in [-0.25, -0.2) is 34.9 Å². The zero-order valence-electron chi connectivity index (χ0n) is 55.1. The summed E-state index contributed by atoms with van der Waals surface area (Å²) < 4.78 is 11.3. The number of hydrogen-bond donors (Lipinski definition) is 8. The fraction of sp³-hybridized carbons (Fsp3) is 0.386. The number of thiazole rings is 6. The molecule has 3 fully saturated rings. The average Bonchev–Trinajstić information content (AvgIpc) is 1.61. The number of benzene rings is 2. The summed E-state index contributed by atoms with van der Waals surface area (Å²) in [5.41, 5.74) is 8.96. The second-order valence-electron chi connectivity index (χ2n) is 25.7. The number of ketones is 1. The summed E-state index contributed by atoms with van der Waals surface area (Å²) in [5, 5.41) is 55.6. The first kappa shape index (κ1) is 71.4. The zero-order chi connectivity index (χ0) is 71.3. The number of pyridine rings is 1. The largest absolute Gasteiger partial charge is 0.484 e. The molecule has 10 heterocycles. The number of fused-ring (bicyclic) bond motifs is 16. The van der Waals surface area contributed by atoms with Gasteiger partial charge in [-0.3, -0.25) is 38.4 Å². The second kappa shape index (κ2) is 31.7. The highest BCUT2D eigenvalue weighted by Gasteiger charge is 2.46. The van der Waals surface area contributed by atoms with E-state index in [9.17, 15) is 48.9 Å². The second-order valence-corrected chi connectivity index (χ2v) is 31.3. The van der Waals surface area contributed by atoms with E-state index in [1.54, 1.807) is 89.8 Å². The third kappa shape index (κ3) is 16.4. The number of aliphatic hydroxyl groups is 2. The van der Waals surface area contributed by atoms with Crippen molar-refractivity contribution >= 4 is 115 Å². The average molecular weight is 1490 g/mol. The number of aliphatic hydroxyl groups excluding tert-OH is 2. The molecule has 0 radical (unpaired) electrons. The summed E-state index contributed by atoms with van der Waals surface area (Å²) in [5.74, 6) is -5.91. The summed E-state index contributed by atoms with van der Waals surface area (Å²) in [6.07, 6.45) is 1.56. The molecule has 7 aromatic heterocycles. The Labute approximate surface area is 608 Å². The van der Waals surface area contributed by atoms with Crippen LogP contribution in [0.25, 0.3) is 43.4 Å². The molecule has 32 heteroatoms. The number of Topliss-reactive ketones (excluding diaryl/α,β-unsaturated/α-hetero) is 1. The van der Waals surface area contributed by atoms with Crippen LogP contribution in [-0.4, -0.2) is 153 Å². The molecule has 530 valence electrons. The number of hydrogen-bond acceptors (Lipinski definition) is 25. The molecule has 0 spiro atoms. The van der Waals surface area contributed by atoms with Gasteiger partial charge in [0, 0.05) is 94.4 Å². The van der Waals surface area contributed by atoms with E-state index < -0.39 is 95.8 Å². The van der Waals surface area contributed by atoms with Crippen molar-refractivity contribution in [3.8, 4) is 49.1 Å². The van der Waals surface area contributed by atoms with Gasteiger partial charge in [-0.2, -0.15) is 0 Å². The van der Waals surface area contributed by atoms with Crippen LogP contribution in [0.5, 0.6) is 5.75 Å². The van der Waals surface area contributed by atoms with Gasteiger partial charge in [-0.05, 0) is 93.2 Å². The van der Waals surface area contributed by atoms with Crippen LogP contribution in [0.4, 0.5) is 0 Å². The van der Waals surface area contributed by atoms with Gasteiger partial charge in [0.25, 0.3) is 23.6 Å². The number of aromatic nitrogens is 7. The van der Waals surface area contributed by atoms with Crippen molar-refractivity contribution < 1.29 is 63.1 Å². The van der Waals surface area contributed by atoms with Crippen LogP contribution in [-0.2, 0) is 30.3 Å². The lowest BCUT2D eigenvalue weighted by Crippen LogP contribution is -2.50. The minimum Gasteiger partial charge on any atom is -0.484 e. The summed E-state index contributed by atoms with van der Waals surface area (Å²) in [4.78, 5) is 147. The van der Waals surface area contributed by atoms with Crippen LogP contribution in [0.1, 0.15) is 162 Å². The van der Waals surface area contributed by atoms with E-state index in [2.05, 4.69) is 26.3 Å². The van der Waals surface area contributed by atoms with Crippen molar-refractivity contribution in [1.29, 1.82) is 0 Å². The Morgan fingerprint density at radius 3 is 2.14 bits per heavy atom. The van der Waals surface area contributed by atoms with E-state index in [4.69, 9.17) is 45.1 Å². The molecule has 2 saturated heterocycles. The van der Waals surface area contributed by atoms with Crippen LogP contribution in [0.3, 0.4) is 0 Å². The lowest BCUT2D eigenvalue weighted by molar-refractivity contribution is -0.143. The number of amides is 6. The van der Waals surface area contributed by atoms with E-state index in [0.717, 1.165) is 66.5 Å². The molecular weight excluding hydrogens is 1420 g/mol. The van der Waals surface area contributed by atoms with E-state index in [0.29, 0.717) is 108 Å². The normalized spacial score (nSPS) is 21.7. The number of carbonyl (C=O) groups excluding carboxylic acids is 7. The Balaban J connectivity index is 0.845. The Bertz CT molecular complexity index is 4580. The fourth-order valence-electron chi connectivity index (χ4n) is 13.0. The molecular formula is C70H71N13O13S6. The molecule has 1 saturated carbocycles. The van der Waals surface area contributed by atoms with Gasteiger partial charge >= 0.3 is 5.97 Å². The lowest BCUT2D eigenvalue weighted by Gasteiger charge is -2.29. The number of nitrogens with one attached hydrogen (secondary N) is 4. The molecule has 0 unspecified atom stereocenters. The number of carboxylic acids is 1. The van der Waals surface area contributed by atoms with Crippen LogP contribution < -0.4 is 31.7 Å². The Kier molecular flexibility index (Phi) is 22.2. The monoisotopic (exact) mass is 1490 g/mol. The minimum atomic E-state index is -1.32. The van der Waals surface area contributed by atoms with E-state index in [1.807, 2.05) is 12.3 Å². The van der Waals surface area contributed by atoms with Gasteiger partial charge in [0.05, 0.1) is 47.3 Å². The topological polar surface area (TPSA) is 383 Å². The first-order chi connectivity index (χ1) is 49.3. The van der Waals surface area contributed by atoms with Gasteiger partial charge in [0.15, 0.2) is 12.4 Å². The SMILES string of the molecule is Cc1sc2nc1C(=O)C[C@@H]([C@H](O)c1ccccc1)c1nc(cs1)C(=O)N[C@@H](Cc1ccc(OCC(=O)NCCC3CCOCC3)cc1)C(=O)N1C[C@H](O)[C@H](C)[C@H]1c1nc(cs1)-c1nc(cs1)-c1nc(-c3nc(C(=O)NC4CCC(C(=O)O)CC4)cs3)ccc1-c1nc(cs1)C(=O)N[C@H]2CC(N)=O. The van der Waals surface area contributed by atoms with Crippen molar-refractivity contribution in [3.63, 3.8) is 0 Å². The summed E-state index contributed by atoms with van der Waals surface area (Å²) >= 11 is 7.00. The first-order valence-corrected chi connectivity index (χ1v) is 38.5. The number of carbonyl (C=O) groups is 8. The van der Waals surface area contributed by atoms with Crippen LogP contribution in [0, 0.1) is 24.7 Å². The van der Waals surface area contributed by atoms with Crippen molar-refractivity contribution in [2.45, 2.75) is 120 Å². The number of aliphatic carboxylic acids is 1. The van der Waals surface area contributed by atoms with Crippen molar-refractivity contribution in [3.05, 3.63) is 147 Å². The number of aryl methyl sites for hydroxylation is 1. The minimum absolute atomic E-state index is 0.0117. The van der Waals surface area contributed by atoms with E-state index in [-0.39, 0.29) is 70.7 Å². The van der Waals surface area contributed by atoms with Gasteiger partial charge < -0.3 is 56.7 Å². The molecule has 13 rings (SSSR count). The highest BCUT2D eigenvalue weighted by molar-refractivity contribution is 7.15. The summed E-state index contributed by atoms with van der Waals surface area (Å²) in [6.45, 7) is 5.13. The van der Waals surface area contributed by atoms with E-state index in [1.165, 1.54) is 44.3 Å². The molecule has 9 aromatic rings. The molecule has 7 atom stereocenters. The Morgan fingerprint density at radius 2 is 1.38 bits per heavy atom. The molecule has 2 aromatic carbocycles. The molecule has 3 aliphatic heterocycles. The number of carboxylic acid groups (broad SMARTS) is 1. The lowest BCUT2D eigenvalue weighted by atomic mass is 9.86. The van der Waals surface area contributed by atoms with E-state index >= 15 is 4.79 Å². The Hall–Kier alpha value is -8.99. The number of primary amides is 1. The highest BCUT2D eigenvalue weighted by Crippen LogP contribution is 2.44. The maximum atomic E-state index is 15.5. The maximum absolute atomic E-state index is 15.5. The van der Waals surface area contributed by atoms with Crippen molar-refractivity contribution in [1.82, 2.24) is 61.1 Å². The Morgan fingerprint density at radius 1 is 0.716 bits per heavy atom.